The number of aromatic amines is 1. The summed E-state index contributed by atoms with van der Waals surface area (Å²) in [6.07, 6.45) is 1.85. The minimum Gasteiger partial charge on any atom is -0.307 e. The molecule has 3 nitrogen and oxygen atoms in total. The summed E-state index contributed by atoms with van der Waals surface area (Å²) in [6.45, 7) is 5.69. The average molecular weight is 444 g/mol. The molecule has 0 saturated heterocycles. The number of H-pyrrole nitrogens is 1. The number of thioether (sulfide) groups is 1. The van der Waals surface area contributed by atoms with Crippen LogP contribution in [-0.2, 0) is 0 Å². The number of benzene rings is 3. The van der Waals surface area contributed by atoms with Gasteiger partial charge in [0.1, 0.15) is 26.8 Å². The van der Waals surface area contributed by atoms with E-state index >= 15 is 0 Å². The van der Waals surface area contributed by atoms with Crippen molar-refractivity contribution < 1.29 is 0 Å². The summed E-state index contributed by atoms with van der Waals surface area (Å²) in [4.78, 5) is 21.5. The van der Waals surface area contributed by atoms with Gasteiger partial charge in [0.2, 0.25) is 5.30 Å². The van der Waals surface area contributed by atoms with Gasteiger partial charge in [-0.3, -0.25) is 4.79 Å². The summed E-state index contributed by atoms with van der Waals surface area (Å²) in [7, 11) is -2.50. The molecule has 0 saturated carbocycles. The van der Waals surface area contributed by atoms with Crippen LogP contribution in [0.25, 0.3) is 0 Å². The molecule has 0 radical (unpaired) electrons. The zero-order valence-corrected chi connectivity index (χ0v) is 19.1. The van der Waals surface area contributed by atoms with Crippen molar-refractivity contribution in [3.05, 3.63) is 120 Å². The van der Waals surface area contributed by atoms with Crippen molar-refractivity contribution in [1.82, 2.24) is 9.97 Å². The molecular formula is C26H24N2OPS+. The molecule has 4 aromatic rings. The van der Waals surface area contributed by atoms with Crippen molar-refractivity contribution >= 4 is 40.2 Å². The molecule has 0 unspecified atom stereocenters. The van der Waals surface area contributed by atoms with Gasteiger partial charge in [0.25, 0.3) is 5.56 Å². The fourth-order valence-corrected chi connectivity index (χ4v) is 9.41. The predicted octanol–water partition coefficient (Wildman–Crippen LogP) is 3.98. The molecule has 0 bridgehead atoms. The van der Waals surface area contributed by atoms with Gasteiger partial charge in [-0.1, -0.05) is 72.4 Å². The van der Waals surface area contributed by atoms with Gasteiger partial charge in [0.15, 0.2) is 7.26 Å². The smallest absolute Gasteiger partial charge is 0.295 e. The summed E-state index contributed by atoms with van der Waals surface area (Å²) in [5.74, 6) is 1.30. The highest BCUT2D eigenvalue weighted by atomic mass is 32.2. The SMILES string of the molecule is C=CCSc1nc(C)[nH]c(=O)c1[P+](c1ccccc1)(c1ccccc1)c1ccccc1. The van der Waals surface area contributed by atoms with Gasteiger partial charge in [0, 0.05) is 5.75 Å². The minimum atomic E-state index is -2.50. The molecule has 1 aromatic heterocycles. The van der Waals surface area contributed by atoms with E-state index in [0.717, 1.165) is 26.2 Å². The first-order chi connectivity index (χ1) is 15.2. The van der Waals surface area contributed by atoms with E-state index in [2.05, 4.69) is 48.0 Å². The van der Waals surface area contributed by atoms with E-state index in [4.69, 9.17) is 4.98 Å². The van der Waals surface area contributed by atoms with Gasteiger partial charge >= 0.3 is 0 Å². The van der Waals surface area contributed by atoms with Crippen LogP contribution in [0.5, 0.6) is 0 Å². The topological polar surface area (TPSA) is 45.8 Å². The molecule has 31 heavy (non-hydrogen) atoms. The summed E-state index contributed by atoms with van der Waals surface area (Å²) < 4.78 is 0. The Morgan fingerprint density at radius 2 is 1.32 bits per heavy atom. The van der Waals surface area contributed by atoms with E-state index in [1.165, 1.54) is 0 Å². The monoisotopic (exact) mass is 443 g/mol. The molecule has 0 aliphatic carbocycles. The van der Waals surface area contributed by atoms with Crippen LogP contribution in [-0.4, -0.2) is 15.7 Å². The highest BCUT2D eigenvalue weighted by Gasteiger charge is 2.52. The van der Waals surface area contributed by atoms with Crippen molar-refractivity contribution in [3.63, 3.8) is 0 Å². The molecule has 1 N–H and O–H groups in total. The van der Waals surface area contributed by atoms with E-state index in [9.17, 15) is 4.79 Å². The van der Waals surface area contributed by atoms with E-state index < -0.39 is 7.26 Å². The van der Waals surface area contributed by atoms with Gasteiger partial charge in [-0.25, -0.2) is 4.98 Å². The third-order valence-corrected chi connectivity index (χ3v) is 10.5. The maximum atomic E-state index is 13.7. The molecule has 154 valence electrons. The second kappa shape index (κ2) is 9.47. The van der Waals surface area contributed by atoms with Gasteiger partial charge in [-0.15, -0.1) is 6.58 Å². The standard InChI is InChI=1S/C26H23N2OPS/c1-3-19-31-26-24(25(29)27-20(2)28-26)30(21-13-7-4-8-14-21,22-15-9-5-10-16-22)23-17-11-6-12-18-23/h3-18H,1,19H2,2H3/p+1. The van der Waals surface area contributed by atoms with Crippen LogP contribution in [0.1, 0.15) is 5.82 Å². The third-order valence-electron chi connectivity index (χ3n) is 5.09. The summed E-state index contributed by atoms with van der Waals surface area (Å²) >= 11 is 1.56. The van der Waals surface area contributed by atoms with E-state index in [0.29, 0.717) is 11.6 Å². The lowest BCUT2D eigenvalue weighted by molar-refractivity contribution is 0.961. The van der Waals surface area contributed by atoms with Crippen molar-refractivity contribution in [1.29, 1.82) is 0 Å². The Morgan fingerprint density at radius 3 is 1.74 bits per heavy atom. The molecule has 4 rings (SSSR count). The normalized spacial score (nSPS) is 11.3. The lowest BCUT2D eigenvalue weighted by atomic mass is 10.4. The first-order valence-corrected chi connectivity index (χ1v) is 12.9. The van der Waals surface area contributed by atoms with Crippen molar-refractivity contribution in [2.24, 2.45) is 0 Å². The average Bonchev–Trinajstić information content (AvgIpc) is 2.81. The highest BCUT2D eigenvalue weighted by Crippen LogP contribution is 2.54. The number of aryl methyl sites for hydroxylation is 1. The Hall–Kier alpha value is -2.94. The number of aromatic nitrogens is 2. The molecule has 0 aliphatic heterocycles. The molecule has 3 aromatic carbocycles. The van der Waals surface area contributed by atoms with Crippen LogP contribution in [0.15, 0.2) is 113 Å². The Morgan fingerprint density at radius 1 is 0.871 bits per heavy atom. The summed E-state index contributed by atoms with van der Waals surface area (Å²) in [5, 5.41) is 4.90. The van der Waals surface area contributed by atoms with Crippen molar-refractivity contribution in [2.45, 2.75) is 11.9 Å². The fraction of sp³-hybridized carbons (Fsp3) is 0.0769. The third kappa shape index (κ3) is 4.01. The fourth-order valence-electron chi connectivity index (χ4n) is 3.88. The highest BCUT2D eigenvalue weighted by molar-refractivity contribution is 8.04. The van der Waals surface area contributed by atoms with Crippen LogP contribution >= 0.6 is 19.0 Å². The van der Waals surface area contributed by atoms with Gasteiger partial charge in [0.05, 0.1) is 0 Å². The molecular weight excluding hydrogens is 419 g/mol. The molecule has 1 heterocycles. The Balaban J connectivity index is 2.20. The number of rotatable bonds is 7. The number of hydrogen-bond acceptors (Lipinski definition) is 3. The Labute approximate surface area is 187 Å². The van der Waals surface area contributed by atoms with Crippen LogP contribution in [0.2, 0.25) is 0 Å². The van der Waals surface area contributed by atoms with Crippen LogP contribution < -0.4 is 26.8 Å². The Bertz CT molecular complexity index is 1130. The zero-order chi connectivity index (χ0) is 21.7. The molecule has 0 aliphatic rings. The van der Waals surface area contributed by atoms with Gasteiger partial charge in [-0.2, -0.15) is 0 Å². The number of hydrogen-bond donors (Lipinski definition) is 1. The van der Waals surface area contributed by atoms with Crippen molar-refractivity contribution in [3.8, 4) is 0 Å². The maximum absolute atomic E-state index is 13.7. The zero-order valence-electron chi connectivity index (χ0n) is 17.4. The van der Waals surface area contributed by atoms with Crippen molar-refractivity contribution in [2.75, 3.05) is 5.75 Å². The van der Waals surface area contributed by atoms with Gasteiger partial charge < -0.3 is 4.98 Å². The first kappa shape index (κ1) is 21.3. The van der Waals surface area contributed by atoms with Crippen LogP contribution in [0.3, 0.4) is 0 Å². The number of nitrogens with one attached hydrogen (secondary N) is 1. The molecule has 0 atom stereocenters. The molecule has 5 heteroatoms. The Kier molecular flexibility index (Phi) is 6.50. The molecule has 0 amide bonds. The van der Waals surface area contributed by atoms with Crippen LogP contribution in [0.4, 0.5) is 0 Å². The van der Waals surface area contributed by atoms with E-state index in [1.54, 1.807) is 11.8 Å². The maximum Gasteiger partial charge on any atom is 0.295 e. The lowest BCUT2D eigenvalue weighted by Crippen LogP contribution is -2.46. The number of nitrogens with zero attached hydrogens (tertiary/aromatic N) is 1. The quantitative estimate of drug-likeness (QED) is 0.203. The summed E-state index contributed by atoms with van der Waals surface area (Å²) in [5.41, 5.74) is -0.0797. The largest absolute Gasteiger partial charge is 0.307 e. The molecule has 0 spiro atoms. The van der Waals surface area contributed by atoms with E-state index in [-0.39, 0.29) is 5.56 Å². The lowest BCUT2D eigenvalue weighted by Gasteiger charge is -2.27. The van der Waals surface area contributed by atoms with Crippen LogP contribution in [0, 0.1) is 6.92 Å². The molecule has 0 fully saturated rings. The second-order valence-corrected chi connectivity index (χ2v) is 11.4. The summed E-state index contributed by atoms with van der Waals surface area (Å²) in [6, 6.07) is 31.1. The first-order valence-electron chi connectivity index (χ1n) is 10.1. The minimum absolute atomic E-state index is 0.0797. The van der Waals surface area contributed by atoms with E-state index in [1.807, 2.05) is 67.6 Å². The second-order valence-electron chi connectivity index (χ2n) is 7.08. The predicted molar refractivity (Wildman–Crippen MR) is 135 cm³/mol. The van der Waals surface area contributed by atoms with Gasteiger partial charge in [-0.05, 0) is 43.3 Å².